The largest absolute Gasteiger partial charge is 0.310 e. The Kier molecular flexibility index (Phi) is 8.80. The lowest BCUT2D eigenvalue weighted by Gasteiger charge is -2.31. The van der Waals surface area contributed by atoms with E-state index in [9.17, 15) is 0 Å². The second-order valence-electron chi connectivity index (χ2n) is 10.7. The summed E-state index contributed by atoms with van der Waals surface area (Å²) in [5.74, 6) is 0. The van der Waals surface area contributed by atoms with Gasteiger partial charge in [-0.15, -0.1) is 0 Å². The molecule has 214 valence electrons. The summed E-state index contributed by atoms with van der Waals surface area (Å²) in [5, 5.41) is 0. The zero-order chi connectivity index (χ0) is 30.1. The van der Waals surface area contributed by atoms with Crippen molar-refractivity contribution in [3.63, 3.8) is 0 Å². The van der Waals surface area contributed by atoms with Crippen molar-refractivity contribution in [3.05, 3.63) is 186 Å². The van der Waals surface area contributed by atoms with E-state index < -0.39 is 0 Å². The summed E-state index contributed by atoms with van der Waals surface area (Å²) in [6.45, 7) is 4.20. The number of hydrogen-bond donors (Lipinski definition) is 0. The first-order valence-corrected chi connectivity index (χ1v) is 15.1. The lowest BCUT2D eigenvalue weighted by molar-refractivity contribution is 1.24. The Morgan fingerprint density at radius 2 is 0.773 bits per heavy atom. The normalized spacial score (nSPS) is 11.2. The molecule has 0 radical (unpaired) electrons. The number of anilines is 6. The van der Waals surface area contributed by atoms with E-state index in [-0.39, 0.29) is 0 Å². The maximum Gasteiger partial charge on any atom is 0.0541 e. The number of rotatable bonds is 9. The van der Waals surface area contributed by atoms with Crippen LogP contribution < -0.4 is 9.80 Å². The Balaban J connectivity index is 1.63. The Hall–Kier alpha value is -5.60. The van der Waals surface area contributed by atoms with Gasteiger partial charge in [-0.2, -0.15) is 0 Å². The number of benzene rings is 6. The van der Waals surface area contributed by atoms with Gasteiger partial charge in [-0.3, -0.25) is 0 Å². The summed E-state index contributed by atoms with van der Waals surface area (Å²) in [6, 6.07) is 55.7. The third-order valence-electron chi connectivity index (χ3n) is 7.59. The molecular weight excluding hydrogens is 532 g/mol. The van der Waals surface area contributed by atoms with Gasteiger partial charge in [0.25, 0.3) is 0 Å². The Bertz CT molecular complexity index is 1760. The van der Waals surface area contributed by atoms with Crippen LogP contribution in [0, 0.1) is 6.92 Å². The van der Waals surface area contributed by atoms with Gasteiger partial charge in [0.2, 0.25) is 0 Å². The van der Waals surface area contributed by atoms with Gasteiger partial charge in [0, 0.05) is 33.9 Å². The summed E-state index contributed by atoms with van der Waals surface area (Å²) in [7, 11) is 0. The van der Waals surface area contributed by atoms with Gasteiger partial charge >= 0.3 is 0 Å². The highest BCUT2D eigenvalue weighted by molar-refractivity contribution is 5.92. The molecule has 0 aliphatic carbocycles. The van der Waals surface area contributed by atoms with Crippen molar-refractivity contribution in [2.24, 2.45) is 0 Å². The Labute approximate surface area is 261 Å². The van der Waals surface area contributed by atoms with Crippen molar-refractivity contribution in [1.82, 2.24) is 0 Å². The molecule has 44 heavy (non-hydrogen) atoms. The summed E-state index contributed by atoms with van der Waals surface area (Å²) in [6.07, 6.45) is 8.78. The van der Waals surface area contributed by atoms with Gasteiger partial charge in [-0.25, -0.2) is 0 Å². The quantitative estimate of drug-likeness (QED) is 0.160. The molecule has 0 N–H and O–H groups in total. The first-order chi connectivity index (χ1) is 21.7. The van der Waals surface area contributed by atoms with E-state index in [2.05, 4.69) is 206 Å². The van der Waals surface area contributed by atoms with Gasteiger partial charge < -0.3 is 9.80 Å². The van der Waals surface area contributed by atoms with Crippen molar-refractivity contribution in [2.75, 3.05) is 9.80 Å². The minimum Gasteiger partial charge on any atom is -0.310 e. The highest BCUT2D eigenvalue weighted by Crippen LogP contribution is 2.44. The van der Waals surface area contributed by atoms with Crippen molar-refractivity contribution >= 4 is 52.4 Å². The number of para-hydroxylation sites is 4. The van der Waals surface area contributed by atoms with E-state index in [0.29, 0.717) is 0 Å². The van der Waals surface area contributed by atoms with Crippen LogP contribution in [-0.2, 0) is 0 Å². The average molecular weight is 569 g/mol. The molecule has 0 aliphatic rings. The lowest BCUT2D eigenvalue weighted by Crippen LogP contribution is -2.15. The van der Waals surface area contributed by atoms with Crippen LogP contribution >= 0.6 is 0 Å². The molecule has 0 aliphatic heterocycles. The fourth-order valence-corrected chi connectivity index (χ4v) is 5.47. The molecule has 0 atom stereocenters. The van der Waals surface area contributed by atoms with Crippen LogP contribution in [0.15, 0.2) is 164 Å². The van der Waals surface area contributed by atoms with Crippen LogP contribution in [-0.4, -0.2) is 0 Å². The topological polar surface area (TPSA) is 6.48 Å². The van der Waals surface area contributed by atoms with Gasteiger partial charge in [0.15, 0.2) is 0 Å². The molecule has 6 aromatic carbocycles. The summed E-state index contributed by atoms with van der Waals surface area (Å²) in [4.78, 5) is 4.69. The number of aryl methyl sites for hydroxylation is 1. The fraction of sp³-hybridized carbons (Fsp3) is 0.0476. The minimum absolute atomic E-state index is 1.10. The predicted octanol–water partition coefficient (Wildman–Crippen LogP) is 12.1. The summed E-state index contributed by atoms with van der Waals surface area (Å²) >= 11 is 0. The molecular formula is C42H36N2. The number of hydrogen-bond acceptors (Lipinski definition) is 2. The predicted molar refractivity (Wildman–Crippen MR) is 191 cm³/mol. The molecule has 0 saturated heterocycles. The SMILES string of the molecule is C/C=C/c1cc(N(c2ccccc2)c2ccccc2)c(/C=C/c2ccc(C)cc2)cc1N(c1ccccc1)c1ccccc1. The highest BCUT2D eigenvalue weighted by atomic mass is 15.2. The van der Waals surface area contributed by atoms with Crippen LogP contribution in [0.1, 0.15) is 29.2 Å². The Morgan fingerprint density at radius 3 is 1.14 bits per heavy atom. The molecule has 0 amide bonds. The second kappa shape index (κ2) is 13.6. The third kappa shape index (κ3) is 6.40. The average Bonchev–Trinajstić information content (AvgIpc) is 3.08. The zero-order valence-corrected chi connectivity index (χ0v) is 25.2. The van der Waals surface area contributed by atoms with Crippen molar-refractivity contribution in [1.29, 1.82) is 0 Å². The molecule has 2 nitrogen and oxygen atoms in total. The van der Waals surface area contributed by atoms with Gasteiger partial charge in [-0.05, 0) is 80.1 Å². The molecule has 0 fully saturated rings. The third-order valence-corrected chi connectivity index (χ3v) is 7.59. The highest BCUT2D eigenvalue weighted by Gasteiger charge is 2.21. The second-order valence-corrected chi connectivity index (χ2v) is 10.7. The molecule has 2 heteroatoms. The van der Waals surface area contributed by atoms with Crippen LogP contribution in [0.3, 0.4) is 0 Å². The van der Waals surface area contributed by atoms with E-state index >= 15 is 0 Å². The molecule has 0 bridgehead atoms. The molecule has 0 unspecified atom stereocenters. The summed E-state index contributed by atoms with van der Waals surface area (Å²) < 4.78 is 0. The van der Waals surface area contributed by atoms with Crippen LogP contribution in [0.25, 0.3) is 18.2 Å². The Morgan fingerprint density at radius 1 is 0.409 bits per heavy atom. The van der Waals surface area contributed by atoms with E-state index in [1.165, 1.54) is 5.56 Å². The first-order valence-electron chi connectivity index (χ1n) is 15.1. The van der Waals surface area contributed by atoms with Crippen LogP contribution in [0.2, 0.25) is 0 Å². The zero-order valence-electron chi connectivity index (χ0n) is 25.2. The van der Waals surface area contributed by atoms with Crippen molar-refractivity contribution in [3.8, 4) is 0 Å². The first kappa shape index (κ1) is 28.5. The van der Waals surface area contributed by atoms with Gasteiger partial charge in [-0.1, -0.05) is 127 Å². The number of allylic oxidation sites excluding steroid dienone is 1. The minimum atomic E-state index is 1.10. The van der Waals surface area contributed by atoms with Crippen molar-refractivity contribution < 1.29 is 0 Å². The molecule has 0 aromatic heterocycles. The van der Waals surface area contributed by atoms with Crippen LogP contribution in [0.4, 0.5) is 34.1 Å². The smallest absolute Gasteiger partial charge is 0.0541 e. The lowest BCUT2D eigenvalue weighted by atomic mass is 10.00. The van der Waals surface area contributed by atoms with Crippen molar-refractivity contribution in [2.45, 2.75) is 13.8 Å². The molecule has 0 heterocycles. The van der Waals surface area contributed by atoms with E-state index in [4.69, 9.17) is 0 Å². The monoisotopic (exact) mass is 568 g/mol. The molecule has 6 aromatic rings. The standard InChI is InChI=1S/C42H36N2/c1-3-16-35-31-42(44(39-21-12-6-13-22-39)40-23-14-7-15-24-40)36(30-29-34-27-25-33(2)26-28-34)32-41(35)43(37-17-8-4-9-18-37)38-19-10-5-11-20-38/h3-32H,1-2H3/b16-3+,30-29+. The van der Waals surface area contributed by atoms with Gasteiger partial charge in [0.05, 0.1) is 11.4 Å². The number of nitrogens with zero attached hydrogens (tertiary/aromatic N) is 2. The van der Waals surface area contributed by atoms with E-state index in [1.54, 1.807) is 0 Å². The molecule has 6 rings (SSSR count). The maximum absolute atomic E-state index is 2.35. The molecule has 0 saturated carbocycles. The summed E-state index contributed by atoms with van der Waals surface area (Å²) in [5.41, 5.74) is 11.3. The van der Waals surface area contributed by atoms with Crippen LogP contribution in [0.5, 0.6) is 0 Å². The van der Waals surface area contributed by atoms with E-state index in [0.717, 1.165) is 50.8 Å². The van der Waals surface area contributed by atoms with E-state index in [1.807, 2.05) is 0 Å². The maximum atomic E-state index is 2.35. The molecule has 0 spiro atoms. The fourth-order valence-electron chi connectivity index (χ4n) is 5.47. The van der Waals surface area contributed by atoms with Gasteiger partial charge in [0.1, 0.15) is 0 Å².